The number of rotatable bonds is 10. The number of hydrogen-bond donors (Lipinski definition) is 2. The topological polar surface area (TPSA) is 115 Å². The standard InChI is InChI=1S/C24H35N5O5/c30-17-28(33)16-19(14-18-4-1-2-5-18)24(32)29-21(8-9-25-29)22(31)15-20-6-3-7-23(26-20)27-10-12-34-13-11-27/h3,6-7,17-19,21,25,33H,1-2,4-5,8-16H2/t19-,21+/m1/s1. The first-order valence-electron chi connectivity index (χ1n) is 12.3. The van der Waals surface area contributed by atoms with Gasteiger partial charge in [-0.05, 0) is 30.9 Å². The van der Waals surface area contributed by atoms with Crippen LogP contribution in [0.3, 0.4) is 0 Å². The quantitative estimate of drug-likeness (QED) is 0.296. The molecule has 0 aromatic carbocycles. The second-order valence-corrected chi connectivity index (χ2v) is 9.46. The first-order chi connectivity index (χ1) is 16.5. The van der Waals surface area contributed by atoms with Gasteiger partial charge in [-0.25, -0.2) is 15.5 Å². The molecular formula is C24H35N5O5. The minimum atomic E-state index is -0.587. The van der Waals surface area contributed by atoms with Crippen LogP contribution in [0, 0.1) is 11.8 Å². The van der Waals surface area contributed by atoms with Gasteiger partial charge in [0.25, 0.3) is 0 Å². The van der Waals surface area contributed by atoms with Crippen molar-refractivity contribution in [2.24, 2.45) is 11.8 Å². The summed E-state index contributed by atoms with van der Waals surface area (Å²) < 4.78 is 5.40. The number of nitrogens with one attached hydrogen (secondary N) is 1. The molecule has 0 radical (unpaired) electrons. The molecule has 1 aromatic rings. The number of carbonyl (C=O) groups excluding carboxylic acids is 3. The van der Waals surface area contributed by atoms with Crippen molar-refractivity contribution >= 4 is 23.9 Å². The number of ketones is 1. The van der Waals surface area contributed by atoms with E-state index in [-0.39, 0.29) is 24.7 Å². The highest BCUT2D eigenvalue weighted by Crippen LogP contribution is 2.32. The van der Waals surface area contributed by atoms with E-state index < -0.39 is 12.0 Å². The highest BCUT2D eigenvalue weighted by molar-refractivity contribution is 5.91. The number of amides is 2. The van der Waals surface area contributed by atoms with Gasteiger partial charge in [0.2, 0.25) is 12.3 Å². The number of ether oxygens (including phenoxy) is 1. The molecule has 4 rings (SSSR count). The van der Waals surface area contributed by atoms with E-state index in [1.165, 1.54) is 5.01 Å². The Bertz CT molecular complexity index is 856. The van der Waals surface area contributed by atoms with Gasteiger partial charge >= 0.3 is 0 Å². The van der Waals surface area contributed by atoms with Crippen molar-refractivity contribution in [2.75, 3.05) is 44.3 Å². The molecule has 1 saturated carbocycles. The summed E-state index contributed by atoms with van der Waals surface area (Å²) in [4.78, 5) is 44.5. The van der Waals surface area contributed by atoms with Crippen LogP contribution in [0.1, 0.15) is 44.2 Å². The van der Waals surface area contributed by atoms with Gasteiger partial charge in [0.15, 0.2) is 5.78 Å². The smallest absolute Gasteiger partial charge is 0.242 e. The van der Waals surface area contributed by atoms with E-state index in [0.717, 1.165) is 44.6 Å². The summed E-state index contributed by atoms with van der Waals surface area (Å²) in [6, 6.07) is 5.10. The Kier molecular flexibility index (Phi) is 8.47. The van der Waals surface area contributed by atoms with Gasteiger partial charge in [0.1, 0.15) is 11.9 Å². The van der Waals surface area contributed by atoms with Crippen LogP contribution in [0.15, 0.2) is 18.2 Å². The summed E-state index contributed by atoms with van der Waals surface area (Å²) >= 11 is 0. The average molecular weight is 474 g/mol. The molecule has 2 atom stereocenters. The third-order valence-corrected chi connectivity index (χ3v) is 7.07. The first-order valence-corrected chi connectivity index (χ1v) is 12.3. The molecule has 10 heteroatoms. The van der Waals surface area contributed by atoms with Gasteiger partial charge in [0, 0.05) is 19.6 Å². The number of Topliss-reactive ketones (excluding diaryl/α,β-unsaturated/α-hetero) is 1. The lowest BCUT2D eigenvalue weighted by Crippen LogP contribution is -2.51. The van der Waals surface area contributed by atoms with Crippen molar-refractivity contribution in [3.05, 3.63) is 23.9 Å². The minimum absolute atomic E-state index is 0.0684. The molecule has 34 heavy (non-hydrogen) atoms. The summed E-state index contributed by atoms with van der Waals surface area (Å²) in [7, 11) is 0. The molecule has 2 N–H and O–H groups in total. The maximum absolute atomic E-state index is 13.4. The molecule has 2 amide bonds. The number of hydrogen-bond acceptors (Lipinski definition) is 8. The Labute approximate surface area is 200 Å². The Morgan fingerprint density at radius 2 is 2.00 bits per heavy atom. The van der Waals surface area contributed by atoms with Gasteiger partial charge in [-0.15, -0.1) is 0 Å². The molecule has 3 heterocycles. The fourth-order valence-corrected chi connectivity index (χ4v) is 5.30. The monoisotopic (exact) mass is 473 g/mol. The molecule has 2 aliphatic heterocycles. The van der Waals surface area contributed by atoms with E-state index in [0.29, 0.717) is 55.7 Å². The van der Waals surface area contributed by atoms with Crippen LogP contribution in [0.2, 0.25) is 0 Å². The Balaban J connectivity index is 1.42. The number of morpholine rings is 1. The third-order valence-electron chi connectivity index (χ3n) is 7.07. The van der Waals surface area contributed by atoms with Crippen LogP contribution in [0.4, 0.5) is 5.82 Å². The minimum Gasteiger partial charge on any atom is -0.378 e. The summed E-state index contributed by atoms with van der Waals surface area (Å²) in [5, 5.41) is 11.8. The molecule has 0 spiro atoms. The number of pyridine rings is 1. The molecule has 0 unspecified atom stereocenters. The van der Waals surface area contributed by atoms with Crippen LogP contribution >= 0.6 is 0 Å². The van der Waals surface area contributed by atoms with E-state index in [2.05, 4.69) is 15.3 Å². The largest absolute Gasteiger partial charge is 0.378 e. The van der Waals surface area contributed by atoms with Gasteiger partial charge in [0.05, 0.1) is 37.8 Å². The first kappa shape index (κ1) is 24.6. The number of anilines is 1. The molecule has 1 aromatic heterocycles. The van der Waals surface area contributed by atoms with Crippen molar-refractivity contribution in [2.45, 2.75) is 51.0 Å². The number of hydrazine groups is 1. The second-order valence-electron chi connectivity index (χ2n) is 9.46. The van der Waals surface area contributed by atoms with Gasteiger partial charge in [-0.3, -0.25) is 24.6 Å². The fourth-order valence-electron chi connectivity index (χ4n) is 5.30. The third kappa shape index (κ3) is 6.11. The molecular weight excluding hydrogens is 438 g/mol. The van der Waals surface area contributed by atoms with Crippen molar-refractivity contribution in [1.82, 2.24) is 20.5 Å². The molecule has 186 valence electrons. The summed E-state index contributed by atoms with van der Waals surface area (Å²) in [6.07, 6.45) is 5.98. The highest BCUT2D eigenvalue weighted by atomic mass is 16.5. The van der Waals surface area contributed by atoms with Crippen LogP contribution in [-0.2, 0) is 25.5 Å². The van der Waals surface area contributed by atoms with E-state index in [4.69, 9.17) is 4.74 Å². The van der Waals surface area contributed by atoms with E-state index in [1.54, 1.807) is 0 Å². The van der Waals surface area contributed by atoms with Gasteiger partial charge < -0.3 is 9.64 Å². The number of nitrogens with zero attached hydrogens (tertiary/aromatic N) is 4. The maximum atomic E-state index is 13.4. The van der Waals surface area contributed by atoms with Crippen LogP contribution in [0.25, 0.3) is 0 Å². The summed E-state index contributed by atoms with van der Waals surface area (Å²) in [5.41, 5.74) is 3.74. The second kappa shape index (κ2) is 11.7. The Hall–Kier alpha value is -2.56. The summed E-state index contributed by atoms with van der Waals surface area (Å²) in [6.45, 7) is 3.31. The van der Waals surface area contributed by atoms with E-state index >= 15 is 0 Å². The zero-order valence-electron chi connectivity index (χ0n) is 19.6. The molecule has 3 aliphatic rings. The van der Waals surface area contributed by atoms with Crippen LogP contribution < -0.4 is 10.3 Å². The van der Waals surface area contributed by atoms with Crippen molar-refractivity contribution in [3.63, 3.8) is 0 Å². The van der Waals surface area contributed by atoms with Crippen molar-refractivity contribution in [3.8, 4) is 0 Å². The Morgan fingerprint density at radius 1 is 1.24 bits per heavy atom. The lowest BCUT2D eigenvalue weighted by molar-refractivity contribution is -0.159. The lowest BCUT2D eigenvalue weighted by Gasteiger charge is -2.30. The molecule has 10 nitrogen and oxygen atoms in total. The molecule has 3 fully saturated rings. The SMILES string of the molecule is O=CN(O)C[C@@H](CC1CCCC1)C(=O)N1NCC[C@H]1C(=O)Cc1cccc(N2CCOCC2)n1. The Morgan fingerprint density at radius 3 is 2.74 bits per heavy atom. The highest BCUT2D eigenvalue weighted by Gasteiger charge is 2.38. The van der Waals surface area contributed by atoms with Crippen molar-refractivity contribution < 1.29 is 24.3 Å². The maximum Gasteiger partial charge on any atom is 0.242 e. The van der Waals surface area contributed by atoms with Crippen LogP contribution in [-0.4, -0.2) is 83.8 Å². The molecule has 0 bridgehead atoms. The fraction of sp³-hybridized carbons (Fsp3) is 0.667. The van der Waals surface area contributed by atoms with E-state index in [1.807, 2.05) is 18.2 Å². The molecule has 1 aliphatic carbocycles. The predicted octanol–water partition coefficient (Wildman–Crippen LogP) is 1.18. The van der Waals surface area contributed by atoms with Gasteiger partial charge in [-0.1, -0.05) is 31.7 Å². The zero-order valence-corrected chi connectivity index (χ0v) is 19.6. The normalized spacial score (nSPS) is 22.1. The van der Waals surface area contributed by atoms with E-state index in [9.17, 15) is 19.6 Å². The summed E-state index contributed by atoms with van der Waals surface area (Å²) in [5.74, 6) is 0.374. The van der Waals surface area contributed by atoms with Crippen LogP contribution in [0.5, 0.6) is 0 Å². The van der Waals surface area contributed by atoms with Gasteiger partial charge in [-0.2, -0.15) is 0 Å². The predicted molar refractivity (Wildman–Crippen MR) is 124 cm³/mol. The number of aromatic nitrogens is 1. The zero-order chi connectivity index (χ0) is 23.9. The number of carbonyl (C=O) groups is 3. The number of hydroxylamine groups is 2. The molecule has 2 saturated heterocycles. The van der Waals surface area contributed by atoms with Crippen molar-refractivity contribution in [1.29, 1.82) is 0 Å². The average Bonchev–Trinajstić information content (AvgIpc) is 3.56. The lowest BCUT2D eigenvalue weighted by atomic mass is 9.91.